The quantitative estimate of drug-likeness (QED) is 0.0211. The highest BCUT2D eigenvalue weighted by atomic mass is 16.7. The summed E-state index contributed by atoms with van der Waals surface area (Å²) in [7, 11) is 5.96. The number of rotatable bonds is 52. The van der Waals surface area contributed by atoms with Crippen molar-refractivity contribution in [1.29, 1.82) is 0 Å². The average Bonchev–Trinajstić information content (AvgIpc) is 3.34. The lowest BCUT2D eigenvalue weighted by atomic mass is 10.0. The van der Waals surface area contributed by atoms with Gasteiger partial charge in [0.2, 0.25) is 0 Å². The number of carbonyl (C=O) groups is 3. The molecule has 2 unspecified atom stereocenters. The van der Waals surface area contributed by atoms with Gasteiger partial charge >= 0.3 is 17.9 Å². The van der Waals surface area contributed by atoms with E-state index < -0.39 is 24.3 Å². The molecule has 0 bridgehead atoms. The van der Waals surface area contributed by atoms with Crippen molar-refractivity contribution in [1.82, 2.24) is 0 Å². The highest BCUT2D eigenvalue weighted by molar-refractivity contribution is 5.71. The smallest absolute Gasteiger partial charge is 0.361 e. The monoisotopic (exact) mass is 995 g/mol. The van der Waals surface area contributed by atoms with Crippen LogP contribution in [-0.2, 0) is 33.3 Å². The van der Waals surface area contributed by atoms with Gasteiger partial charge in [0.25, 0.3) is 6.29 Å². The summed E-state index contributed by atoms with van der Waals surface area (Å²) in [5.41, 5.74) is 0. The number of hydrogen-bond donors (Lipinski definition) is 1. The first-order valence-corrected chi connectivity index (χ1v) is 28.8. The van der Waals surface area contributed by atoms with E-state index >= 15 is 0 Å². The fourth-order valence-electron chi connectivity index (χ4n) is 7.76. The van der Waals surface area contributed by atoms with Crippen LogP contribution in [0, 0.1) is 0 Å². The Balaban J connectivity index is 4.17. The molecule has 0 saturated heterocycles. The van der Waals surface area contributed by atoms with Gasteiger partial charge in [-0.05, 0) is 70.6 Å². The standard InChI is InChI=1S/C62H107NO8/c1-6-8-10-12-14-16-18-20-21-22-23-24-25-26-27-28-29-30-31-32-33-34-35-36-37-38-39-41-43-45-47-49-51-53-60(65)71-58(57-70-62(61(66)67)68-55-54-63(3,4)5)56-69-59(64)52-50-48-46-44-42-40-19-17-15-13-11-9-7-2/h8,10,14,16,20-21,23-24,26-27,29-30,32-33,58,62H,6-7,9,11-13,15,17-19,22,25,28,31,34-57H2,1-5H3/p+1/b10-8-,16-14-,21-20-,24-23-,27-26-,30-29-,33-32-. The molecule has 0 saturated carbocycles. The third-order valence-electron chi connectivity index (χ3n) is 12.2. The Morgan fingerprint density at radius 1 is 0.437 bits per heavy atom. The molecule has 0 amide bonds. The Bertz CT molecular complexity index is 1440. The predicted octanol–water partition coefficient (Wildman–Crippen LogP) is 16.8. The Morgan fingerprint density at radius 2 is 0.803 bits per heavy atom. The van der Waals surface area contributed by atoms with Crippen molar-refractivity contribution in [2.24, 2.45) is 0 Å². The molecule has 2 atom stereocenters. The van der Waals surface area contributed by atoms with Gasteiger partial charge in [0.15, 0.2) is 6.10 Å². The van der Waals surface area contributed by atoms with Crippen molar-refractivity contribution in [3.63, 3.8) is 0 Å². The minimum Gasteiger partial charge on any atom is -0.477 e. The Morgan fingerprint density at radius 3 is 1.20 bits per heavy atom. The van der Waals surface area contributed by atoms with E-state index in [1.165, 1.54) is 109 Å². The van der Waals surface area contributed by atoms with Gasteiger partial charge in [-0.15, -0.1) is 0 Å². The summed E-state index contributed by atoms with van der Waals surface area (Å²) < 4.78 is 22.8. The number of carboxylic acids is 1. The number of quaternary nitrogens is 1. The molecule has 0 fully saturated rings. The van der Waals surface area contributed by atoms with E-state index in [0.717, 1.165) is 89.9 Å². The topological polar surface area (TPSA) is 108 Å². The summed E-state index contributed by atoms with van der Waals surface area (Å²) in [6.45, 7) is 4.76. The first-order valence-electron chi connectivity index (χ1n) is 28.8. The molecule has 0 spiro atoms. The van der Waals surface area contributed by atoms with Crippen LogP contribution >= 0.6 is 0 Å². The molecule has 0 radical (unpaired) electrons. The van der Waals surface area contributed by atoms with Gasteiger partial charge in [0.1, 0.15) is 13.2 Å². The first kappa shape index (κ1) is 67.5. The van der Waals surface area contributed by atoms with E-state index in [1.807, 2.05) is 21.1 Å². The van der Waals surface area contributed by atoms with Gasteiger partial charge in [-0.1, -0.05) is 234 Å². The summed E-state index contributed by atoms with van der Waals surface area (Å²) in [5, 5.41) is 9.68. The molecule has 1 N–H and O–H groups in total. The van der Waals surface area contributed by atoms with Gasteiger partial charge in [-0.25, -0.2) is 4.79 Å². The summed E-state index contributed by atoms with van der Waals surface area (Å²) >= 11 is 0. The van der Waals surface area contributed by atoms with Gasteiger partial charge < -0.3 is 28.5 Å². The van der Waals surface area contributed by atoms with Crippen LogP contribution in [-0.4, -0.2) is 87.4 Å². The van der Waals surface area contributed by atoms with Crippen LogP contribution < -0.4 is 0 Å². The van der Waals surface area contributed by atoms with Crippen LogP contribution in [0.15, 0.2) is 85.1 Å². The number of aliphatic carboxylic acids is 1. The Labute approximate surface area is 436 Å². The number of likely N-dealkylation sites (N-methyl/N-ethyl adjacent to an activating group) is 1. The van der Waals surface area contributed by atoms with Crippen molar-refractivity contribution in [2.45, 2.75) is 245 Å². The highest BCUT2D eigenvalue weighted by Crippen LogP contribution is 2.16. The van der Waals surface area contributed by atoms with Crippen LogP contribution in [0.3, 0.4) is 0 Å². The van der Waals surface area contributed by atoms with Crippen molar-refractivity contribution in [3.8, 4) is 0 Å². The summed E-state index contributed by atoms with van der Waals surface area (Å²) in [6, 6.07) is 0. The van der Waals surface area contributed by atoms with Crippen LogP contribution in [0.25, 0.3) is 0 Å². The first-order chi connectivity index (χ1) is 34.6. The van der Waals surface area contributed by atoms with Crippen molar-refractivity contribution >= 4 is 17.9 Å². The van der Waals surface area contributed by atoms with Gasteiger partial charge in [-0.3, -0.25) is 9.59 Å². The fraction of sp³-hybridized carbons (Fsp3) is 0.726. The molecule has 0 aliphatic carbocycles. The van der Waals surface area contributed by atoms with E-state index in [4.69, 9.17) is 18.9 Å². The maximum absolute atomic E-state index is 12.9. The van der Waals surface area contributed by atoms with Crippen LogP contribution in [0.1, 0.15) is 232 Å². The van der Waals surface area contributed by atoms with Gasteiger partial charge in [-0.2, -0.15) is 0 Å². The molecule has 0 heterocycles. The van der Waals surface area contributed by atoms with E-state index in [0.29, 0.717) is 23.9 Å². The lowest BCUT2D eigenvalue weighted by Gasteiger charge is -2.25. The van der Waals surface area contributed by atoms with E-state index in [9.17, 15) is 19.5 Å². The minimum absolute atomic E-state index is 0.184. The molecule has 408 valence electrons. The zero-order valence-electron chi connectivity index (χ0n) is 46.4. The molecule has 0 aromatic rings. The van der Waals surface area contributed by atoms with Crippen molar-refractivity contribution < 1.29 is 42.9 Å². The van der Waals surface area contributed by atoms with Gasteiger partial charge in [0.05, 0.1) is 34.4 Å². The molecule has 71 heavy (non-hydrogen) atoms. The number of carboxylic acid groups (broad SMARTS) is 1. The van der Waals surface area contributed by atoms with E-state index in [2.05, 4.69) is 98.9 Å². The summed E-state index contributed by atoms with van der Waals surface area (Å²) in [5.74, 6) is -2.01. The molecular weight excluding hydrogens is 887 g/mol. The zero-order chi connectivity index (χ0) is 52.0. The third kappa shape index (κ3) is 54.1. The van der Waals surface area contributed by atoms with Crippen molar-refractivity contribution in [3.05, 3.63) is 85.1 Å². The molecule has 0 aromatic carbocycles. The Kier molecular flexibility index (Phi) is 50.2. The normalized spacial score (nSPS) is 13.4. The fourth-order valence-corrected chi connectivity index (χ4v) is 7.76. The minimum atomic E-state index is -1.51. The molecule has 0 aliphatic heterocycles. The second-order valence-electron chi connectivity index (χ2n) is 20.2. The molecule has 9 heteroatoms. The maximum atomic E-state index is 12.9. The number of nitrogens with zero attached hydrogens (tertiary/aromatic N) is 1. The lowest BCUT2D eigenvalue weighted by molar-refractivity contribution is -0.870. The number of ether oxygens (including phenoxy) is 4. The molecule has 9 nitrogen and oxygen atoms in total. The predicted molar refractivity (Wildman–Crippen MR) is 299 cm³/mol. The third-order valence-corrected chi connectivity index (χ3v) is 12.2. The lowest BCUT2D eigenvalue weighted by Crippen LogP contribution is -2.40. The summed E-state index contributed by atoms with van der Waals surface area (Å²) in [6.07, 6.45) is 66.6. The number of allylic oxidation sites excluding steroid dienone is 14. The van der Waals surface area contributed by atoms with Gasteiger partial charge in [0, 0.05) is 12.8 Å². The van der Waals surface area contributed by atoms with E-state index in [-0.39, 0.29) is 32.2 Å². The Hall–Kier alpha value is -3.53. The SMILES string of the molecule is CC/C=C\C/C=C\C/C=C\C/C=C\C/C=C\C/C=C\C/C=C\CCCCCCCCCCCCCC(=O)OC(COC(=O)CCCCCCCCCCCCCCC)COC(OCC[N+](C)(C)C)C(=O)O. The molecule has 0 aromatic heterocycles. The molecule has 0 rings (SSSR count). The van der Waals surface area contributed by atoms with Crippen LogP contribution in [0.2, 0.25) is 0 Å². The van der Waals surface area contributed by atoms with Crippen molar-refractivity contribution in [2.75, 3.05) is 47.5 Å². The second-order valence-corrected chi connectivity index (χ2v) is 20.2. The number of carbonyl (C=O) groups excluding carboxylic acids is 2. The van der Waals surface area contributed by atoms with Crippen LogP contribution in [0.5, 0.6) is 0 Å². The number of unbranched alkanes of at least 4 members (excludes halogenated alkanes) is 23. The highest BCUT2D eigenvalue weighted by Gasteiger charge is 2.25. The largest absolute Gasteiger partial charge is 0.477 e. The second kappa shape index (κ2) is 52.8. The van der Waals surface area contributed by atoms with Crippen LogP contribution in [0.4, 0.5) is 0 Å². The zero-order valence-corrected chi connectivity index (χ0v) is 46.4. The maximum Gasteiger partial charge on any atom is 0.361 e. The van der Waals surface area contributed by atoms with E-state index in [1.54, 1.807) is 0 Å². The number of hydrogen-bond acceptors (Lipinski definition) is 7. The number of esters is 2. The summed E-state index contributed by atoms with van der Waals surface area (Å²) in [4.78, 5) is 37.3. The average molecular weight is 996 g/mol. The molecular formula is C62H108NO8+. The molecule has 0 aliphatic rings.